The van der Waals surface area contributed by atoms with Crippen LogP contribution in [0.2, 0.25) is 0 Å². The molecule has 0 saturated heterocycles. The monoisotopic (exact) mass is 255 g/mol. The summed E-state index contributed by atoms with van der Waals surface area (Å²) in [5.41, 5.74) is 1.43. The SMILES string of the molecule is COCC(NC(C)c1cc(C)sc1C)C(C)C. The van der Waals surface area contributed by atoms with Gasteiger partial charge >= 0.3 is 0 Å². The number of ether oxygens (including phenoxy) is 1. The molecule has 17 heavy (non-hydrogen) atoms. The molecule has 0 amide bonds. The zero-order valence-electron chi connectivity index (χ0n) is 11.8. The lowest BCUT2D eigenvalue weighted by atomic mass is 10.0. The molecule has 1 N–H and O–H groups in total. The van der Waals surface area contributed by atoms with E-state index in [2.05, 4.69) is 46.0 Å². The van der Waals surface area contributed by atoms with Gasteiger partial charge in [0, 0.05) is 28.9 Å². The summed E-state index contributed by atoms with van der Waals surface area (Å²) in [5, 5.41) is 3.67. The molecule has 2 unspecified atom stereocenters. The van der Waals surface area contributed by atoms with Crippen LogP contribution in [0.25, 0.3) is 0 Å². The van der Waals surface area contributed by atoms with Crippen LogP contribution in [0.3, 0.4) is 0 Å². The number of methoxy groups -OCH3 is 1. The molecule has 0 aromatic carbocycles. The maximum absolute atomic E-state index is 5.28. The molecule has 0 aliphatic carbocycles. The third kappa shape index (κ3) is 4.09. The Hall–Kier alpha value is -0.380. The minimum absolute atomic E-state index is 0.391. The molecule has 1 heterocycles. The fourth-order valence-corrected chi connectivity index (χ4v) is 3.13. The second kappa shape index (κ2) is 6.53. The highest BCUT2D eigenvalue weighted by Crippen LogP contribution is 2.26. The first-order valence-corrected chi connectivity index (χ1v) is 7.09. The zero-order valence-corrected chi connectivity index (χ0v) is 12.6. The van der Waals surface area contributed by atoms with Gasteiger partial charge in [0.25, 0.3) is 0 Å². The predicted octanol–water partition coefficient (Wildman–Crippen LogP) is 3.69. The Morgan fingerprint density at radius 1 is 1.29 bits per heavy atom. The maximum atomic E-state index is 5.28. The van der Waals surface area contributed by atoms with E-state index in [1.165, 1.54) is 15.3 Å². The van der Waals surface area contributed by atoms with Crippen molar-refractivity contribution in [3.05, 3.63) is 21.4 Å². The summed E-state index contributed by atoms with van der Waals surface area (Å²) in [6.07, 6.45) is 0. The molecule has 0 bridgehead atoms. The largest absolute Gasteiger partial charge is 0.383 e. The first-order chi connectivity index (χ1) is 7.95. The maximum Gasteiger partial charge on any atom is 0.0618 e. The zero-order chi connectivity index (χ0) is 13.0. The standard InChI is InChI=1S/C14H25NOS/c1-9(2)14(8-16-6)15-11(4)13-7-10(3)17-12(13)5/h7,9,11,14-15H,8H2,1-6H3. The van der Waals surface area contributed by atoms with Crippen molar-refractivity contribution >= 4 is 11.3 Å². The van der Waals surface area contributed by atoms with Gasteiger partial charge in [-0.1, -0.05) is 13.8 Å². The van der Waals surface area contributed by atoms with Crippen LogP contribution >= 0.6 is 11.3 Å². The van der Waals surface area contributed by atoms with E-state index in [0.29, 0.717) is 18.0 Å². The van der Waals surface area contributed by atoms with E-state index in [1.54, 1.807) is 7.11 Å². The molecule has 0 fully saturated rings. The lowest BCUT2D eigenvalue weighted by Gasteiger charge is -2.26. The second-order valence-electron chi connectivity index (χ2n) is 5.06. The van der Waals surface area contributed by atoms with E-state index in [1.807, 2.05) is 11.3 Å². The lowest BCUT2D eigenvalue weighted by Crippen LogP contribution is -2.39. The Bertz CT molecular complexity index is 346. The Labute approximate surface area is 109 Å². The summed E-state index contributed by atoms with van der Waals surface area (Å²) in [6.45, 7) is 11.8. The Morgan fingerprint density at radius 2 is 1.94 bits per heavy atom. The third-order valence-corrected chi connectivity index (χ3v) is 4.14. The van der Waals surface area contributed by atoms with Gasteiger partial charge in [0.05, 0.1) is 6.61 Å². The summed E-state index contributed by atoms with van der Waals surface area (Å²) < 4.78 is 5.28. The lowest BCUT2D eigenvalue weighted by molar-refractivity contribution is 0.141. The van der Waals surface area contributed by atoms with E-state index in [0.717, 1.165) is 6.61 Å². The molecule has 0 radical (unpaired) electrons. The number of thiophene rings is 1. The van der Waals surface area contributed by atoms with Crippen LogP contribution in [-0.2, 0) is 4.74 Å². The van der Waals surface area contributed by atoms with Gasteiger partial charge in [-0.15, -0.1) is 11.3 Å². The van der Waals surface area contributed by atoms with Crippen molar-refractivity contribution in [2.24, 2.45) is 5.92 Å². The third-order valence-electron chi connectivity index (χ3n) is 3.16. The molecular formula is C14H25NOS. The Morgan fingerprint density at radius 3 is 2.35 bits per heavy atom. The van der Waals surface area contributed by atoms with Gasteiger partial charge in [-0.25, -0.2) is 0 Å². The minimum Gasteiger partial charge on any atom is -0.383 e. The van der Waals surface area contributed by atoms with Gasteiger partial charge in [0.2, 0.25) is 0 Å². The molecule has 98 valence electrons. The van der Waals surface area contributed by atoms with E-state index < -0.39 is 0 Å². The van der Waals surface area contributed by atoms with Crippen molar-refractivity contribution in [2.75, 3.05) is 13.7 Å². The molecule has 0 aliphatic rings. The van der Waals surface area contributed by atoms with Crippen molar-refractivity contribution in [2.45, 2.75) is 46.7 Å². The molecule has 1 rings (SSSR count). The first-order valence-electron chi connectivity index (χ1n) is 6.27. The van der Waals surface area contributed by atoms with Crippen LogP contribution in [0.15, 0.2) is 6.07 Å². The van der Waals surface area contributed by atoms with Gasteiger partial charge < -0.3 is 10.1 Å². The minimum atomic E-state index is 0.391. The number of rotatable bonds is 6. The van der Waals surface area contributed by atoms with Crippen LogP contribution in [0.5, 0.6) is 0 Å². The topological polar surface area (TPSA) is 21.3 Å². The highest BCUT2D eigenvalue weighted by molar-refractivity contribution is 7.12. The normalized spacial score (nSPS) is 15.2. The van der Waals surface area contributed by atoms with Crippen molar-refractivity contribution in [1.82, 2.24) is 5.32 Å². The fourth-order valence-electron chi connectivity index (χ4n) is 2.10. The van der Waals surface area contributed by atoms with Crippen molar-refractivity contribution in [3.8, 4) is 0 Å². The smallest absolute Gasteiger partial charge is 0.0618 e. The molecule has 3 heteroatoms. The molecule has 2 atom stereocenters. The van der Waals surface area contributed by atoms with Gasteiger partial charge in [-0.3, -0.25) is 0 Å². The average molecular weight is 255 g/mol. The number of hydrogen-bond donors (Lipinski definition) is 1. The Balaban J connectivity index is 2.69. The van der Waals surface area contributed by atoms with Crippen LogP contribution in [-0.4, -0.2) is 19.8 Å². The average Bonchev–Trinajstić information content (AvgIpc) is 2.57. The molecule has 0 saturated carbocycles. The van der Waals surface area contributed by atoms with E-state index in [-0.39, 0.29) is 0 Å². The van der Waals surface area contributed by atoms with Gasteiger partial charge in [0.1, 0.15) is 0 Å². The van der Waals surface area contributed by atoms with Crippen LogP contribution < -0.4 is 5.32 Å². The molecule has 1 aromatic heterocycles. The van der Waals surface area contributed by atoms with Gasteiger partial charge in [-0.05, 0) is 38.3 Å². The molecule has 2 nitrogen and oxygen atoms in total. The quantitative estimate of drug-likeness (QED) is 0.837. The first kappa shape index (κ1) is 14.7. The van der Waals surface area contributed by atoms with Crippen LogP contribution in [0.1, 0.15) is 42.1 Å². The summed E-state index contributed by atoms with van der Waals surface area (Å²) in [5.74, 6) is 0.581. The summed E-state index contributed by atoms with van der Waals surface area (Å²) in [7, 11) is 1.77. The van der Waals surface area contributed by atoms with Gasteiger partial charge in [0.15, 0.2) is 0 Å². The number of hydrogen-bond acceptors (Lipinski definition) is 3. The van der Waals surface area contributed by atoms with Crippen LogP contribution in [0.4, 0.5) is 0 Å². The van der Waals surface area contributed by atoms with Crippen LogP contribution in [0, 0.1) is 19.8 Å². The summed E-state index contributed by atoms with van der Waals surface area (Å²) in [4.78, 5) is 2.81. The summed E-state index contributed by atoms with van der Waals surface area (Å²) >= 11 is 1.88. The molecule has 1 aromatic rings. The number of nitrogens with one attached hydrogen (secondary N) is 1. The van der Waals surface area contributed by atoms with Crippen molar-refractivity contribution in [1.29, 1.82) is 0 Å². The predicted molar refractivity (Wildman–Crippen MR) is 75.8 cm³/mol. The molecule has 0 aliphatic heterocycles. The van der Waals surface area contributed by atoms with E-state index in [4.69, 9.17) is 4.74 Å². The van der Waals surface area contributed by atoms with Crippen molar-refractivity contribution in [3.63, 3.8) is 0 Å². The van der Waals surface area contributed by atoms with E-state index >= 15 is 0 Å². The van der Waals surface area contributed by atoms with Gasteiger partial charge in [-0.2, -0.15) is 0 Å². The molecular weight excluding hydrogens is 230 g/mol. The van der Waals surface area contributed by atoms with Crippen molar-refractivity contribution < 1.29 is 4.74 Å². The Kier molecular flexibility index (Phi) is 5.63. The highest BCUT2D eigenvalue weighted by Gasteiger charge is 2.18. The summed E-state index contributed by atoms with van der Waals surface area (Å²) in [6, 6.07) is 3.10. The second-order valence-corrected chi connectivity index (χ2v) is 6.52. The number of aryl methyl sites for hydroxylation is 2. The highest BCUT2D eigenvalue weighted by atomic mass is 32.1. The fraction of sp³-hybridized carbons (Fsp3) is 0.714. The molecule has 0 spiro atoms. The van der Waals surface area contributed by atoms with E-state index in [9.17, 15) is 0 Å².